The number of nitrogens with zero attached hydrogens (tertiary/aromatic N) is 2. The van der Waals surface area contributed by atoms with E-state index in [2.05, 4.69) is 56.1 Å². The standard InChI is InChI=1S/C12H14IN3/c1-8-6-10(14-7-8)12-15-9-4-2-3-5-11(9)16(12)13/h2-5,8,10,14H,6-7H2,1H3/t8-,10-/m0/s1. The molecular weight excluding hydrogens is 313 g/mol. The van der Waals surface area contributed by atoms with Crippen molar-refractivity contribution in [1.82, 2.24) is 13.1 Å². The fourth-order valence-electron chi connectivity index (χ4n) is 2.34. The number of aromatic nitrogens is 2. The van der Waals surface area contributed by atoms with Crippen molar-refractivity contribution in [3.8, 4) is 0 Å². The van der Waals surface area contributed by atoms with E-state index in [0.29, 0.717) is 6.04 Å². The fourth-order valence-corrected chi connectivity index (χ4v) is 3.19. The Labute approximate surface area is 109 Å². The van der Waals surface area contributed by atoms with Crippen molar-refractivity contribution < 1.29 is 0 Å². The molecular formula is C12H14IN3. The van der Waals surface area contributed by atoms with Crippen LogP contribution in [0.2, 0.25) is 0 Å². The molecule has 3 rings (SSSR count). The van der Waals surface area contributed by atoms with E-state index in [1.807, 2.05) is 6.07 Å². The lowest BCUT2D eigenvalue weighted by Crippen LogP contribution is -2.15. The van der Waals surface area contributed by atoms with Gasteiger partial charge in [0.25, 0.3) is 0 Å². The summed E-state index contributed by atoms with van der Waals surface area (Å²) in [4.78, 5) is 4.72. The number of hydrogen-bond donors (Lipinski definition) is 1. The van der Waals surface area contributed by atoms with Crippen LogP contribution in [0.4, 0.5) is 0 Å². The molecule has 1 aliphatic rings. The fraction of sp³-hybridized carbons (Fsp3) is 0.417. The van der Waals surface area contributed by atoms with Gasteiger partial charge >= 0.3 is 0 Å². The first kappa shape index (κ1) is 10.5. The van der Waals surface area contributed by atoms with Crippen LogP contribution >= 0.6 is 22.9 Å². The summed E-state index contributed by atoms with van der Waals surface area (Å²) in [6, 6.07) is 8.72. The third kappa shape index (κ3) is 1.64. The van der Waals surface area contributed by atoms with Gasteiger partial charge < -0.3 is 5.32 Å². The van der Waals surface area contributed by atoms with Crippen LogP contribution in [0.15, 0.2) is 24.3 Å². The van der Waals surface area contributed by atoms with Crippen molar-refractivity contribution in [2.75, 3.05) is 6.54 Å². The summed E-state index contributed by atoms with van der Waals surface area (Å²) in [5.74, 6) is 1.91. The van der Waals surface area contributed by atoms with Crippen LogP contribution in [0.1, 0.15) is 25.2 Å². The molecule has 1 N–H and O–H groups in total. The Kier molecular flexibility index (Phi) is 2.63. The van der Waals surface area contributed by atoms with Crippen molar-refractivity contribution >= 4 is 33.9 Å². The Morgan fingerprint density at radius 1 is 1.44 bits per heavy atom. The zero-order chi connectivity index (χ0) is 11.1. The van der Waals surface area contributed by atoms with Crippen molar-refractivity contribution in [1.29, 1.82) is 0 Å². The number of nitrogens with one attached hydrogen (secondary N) is 1. The summed E-state index contributed by atoms with van der Waals surface area (Å²) < 4.78 is 2.18. The van der Waals surface area contributed by atoms with Gasteiger partial charge in [0.2, 0.25) is 0 Å². The summed E-state index contributed by atoms with van der Waals surface area (Å²) in [5.41, 5.74) is 2.30. The number of rotatable bonds is 1. The quantitative estimate of drug-likeness (QED) is 0.817. The molecule has 16 heavy (non-hydrogen) atoms. The van der Waals surface area contributed by atoms with E-state index in [1.54, 1.807) is 0 Å². The monoisotopic (exact) mass is 327 g/mol. The van der Waals surface area contributed by atoms with Gasteiger partial charge in [0.15, 0.2) is 0 Å². The highest BCUT2D eigenvalue weighted by Gasteiger charge is 2.26. The largest absolute Gasteiger partial charge is 0.307 e. The zero-order valence-corrected chi connectivity index (χ0v) is 11.3. The Morgan fingerprint density at radius 3 is 2.94 bits per heavy atom. The molecule has 84 valence electrons. The van der Waals surface area contributed by atoms with Crippen LogP contribution in [-0.2, 0) is 0 Å². The van der Waals surface area contributed by atoms with Crippen LogP contribution in [0.25, 0.3) is 11.0 Å². The predicted octanol–water partition coefficient (Wildman–Crippen LogP) is 2.90. The van der Waals surface area contributed by atoms with Gasteiger partial charge in [0.1, 0.15) is 5.82 Å². The smallest absolute Gasteiger partial charge is 0.136 e. The normalized spacial score (nSPS) is 25.4. The van der Waals surface area contributed by atoms with Crippen molar-refractivity contribution in [2.24, 2.45) is 5.92 Å². The molecule has 0 saturated carbocycles. The molecule has 0 radical (unpaired) electrons. The first-order valence-corrected chi connectivity index (χ1v) is 6.59. The maximum atomic E-state index is 4.72. The summed E-state index contributed by atoms with van der Waals surface area (Å²) in [6.45, 7) is 3.39. The molecule has 0 spiro atoms. The van der Waals surface area contributed by atoms with Crippen LogP contribution in [0, 0.1) is 5.92 Å². The molecule has 0 amide bonds. The highest BCUT2D eigenvalue weighted by atomic mass is 127. The van der Waals surface area contributed by atoms with E-state index in [1.165, 1.54) is 11.9 Å². The predicted molar refractivity (Wildman–Crippen MR) is 73.7 cm³/mol. The average Bonchev–Trinajstić information content (AvgIpc) is 2.84. The number of benzene rings is 1. The van der Waals surface area contributed by atoms with Gasteiger partial charge in [0, 0.05) is 0 Å². The molecule has 0 unspecified atom stereocenters. The van der Waals surface area contributed by atoms with Crippen LogP contribution in [0.3, 0.4) is 0 Å². The minimum absolute atomic E-state index is 0.416. The van der Waals surface area contributed by atoms with Gasteiger partial charge in [-0.2, -0.15) is 0 Å². The number of hydrogen-bond acceptors (Lipinski definition) is 2. The topological polar surface area (TPSA) is 29.9 Å². The molecule has 2 atom stereocenters. The van der Waals surface area contributed by atoms with Crippen LogP contribution in [0.5, 0.6) is 0 Å². The Morgan fingerprint density at radius 2 is 2.25 bits per heavy atom. The van der Waals surface area contributed by atoms with Crippen LogP contribution in [-0.4, -0.2) is 14.3 Å². The molecule has 1 saturated heterocycles. The molecule has 3 nitrogen and oxygen atoms in total. The van der Waals surface area contributed by atoms with Gasteiger partial charge in [-0.3, -0.25) is 2.78 Å². The summed E-state index contributed by atoms with van der Waals surface area (Å²) in [7, 11) is 0. The van der Waals surface area contributed by atoms with E-state index >= 15 is 0 Å². The maximum absolute atomic E-state index is 4.72. The van der Waals surface area contributed by atoms with Gasteiger partial charge in [-0.1, -0.05) is 19.1 Å². The second-order valence-corrected chi connectivity index (χ2v) is 5.51. The SMILES string of the molecule is C[C@@H]1CN[C@H](c2nc3ccccc3n2I)C1. The second-order valence-electron chi connectivity index (χ2n) is 4.54. The van der Waals surface area contributed by atoms with Crippen molar-refractivity contribution in [3.05, 3.63) is 30.1 Å². The summed E-state index contributed by atoms with van der Waals surface area (Å²) in [5, 5.41) is 3.54. The molecule has 0 bridgehead atoms. The first-order chi connectivity index (χ1) is 7.75. The van der Waals surface area contributed by atoms with Crippen LogP contribution < -0.4 is 5.32 Å². The average molecular weight is 327 g/mol. The number of imidazole rings is 1. The van der Waals surface area contributed by atoms with E-state index in [4.69, 9.17) is 4.98 Å². The number of para-hydroxylation sites is 2. The Balaban J connectivity index is 2.07. The minimum Gasteiger partial charge on any atom is -0.307 e. The van der Waals surface area contributed by atoms with E-state index < -0.39 is 0 Å². The molecule has 1 fully saturated rings. The zero-order valence-electron chi connectivity index (χ0n) is 9.15. The van der Waals surface area contributed by atoms with E-state index in [-0.39, 0.29) is 0 Å². The first-order valence-electron chi connectivity index (χ1n) is 5.62. The lowest BCUT2D eigenvalue weighted by Gasteiger charge is -2.08. The molecule has 1 aromatic carbocycles. The van der Waals surface area contributed by atoms with E-state index in [0.717, 1.165) is 23.8 Å². The van der Waals surface area contributed by atoms with Crippen molar-refractivity contribution in [2.45, 2.75) is 19.4 Å². The molecule has 0 aliphatic carbocycles. The molecule has 1 aromatic heterocycles. The molecule has 1 aliphatic heterocycles. The lowest BCUT2D eigenvalue weighted by atomic mass is 10.1. The Bertz CT molecular complexity index is 520. The lowest BCUT2D eigenvalue weighted by molar-refractivity contribution is 0.587. The third-order valence-corrected chi connectivity index (χ3v) is 4.21. The third-order valence-electron chi connectivity index (χ3n) is 3.19. The molecule has 2 aromatic rings. The van der Waals surface area contributed by atoms with E-state index in [9.17, 15) is 0 Å². The van der Waals surface area contributed by atoms with Gasteiger partial charge in [0.05, 0.1) is 39.9 Å². The van der Waals surface area contributed by atoms with Gasteiger partial charge in [-0.25, -0.2) is 4.98 Å². The highest BCUT2D eigenvalue weighted by molar-refractivity contribution is 14.1. The van der Waals surface area contributed by atoms with Gasteiger partial charge in [-0.05, 0) is 31.0 Å². The van der Waals surface area contributed by atoms with Crippen molar-refractivity contribution in [3.63, 3.8) is 0 Å². The molecule has 2 heterocycles. The Hall–Kier alpha value is -0.620. The number of fused-ring (bicyclic) bond motifs is 1. The highest BCUT2D eigenvalue weighted by Crippen LogP contribution is 2.30. The summed E-state index contributed by atoms with van der Waals surface area (Å²) >= 11 is 2.34. The second kappa shape index (κ2) is 4.00. The molecule has 4 heteroatoms. The van der Waals surface area contributed by atoms with Gasteiger partial charge in [-0.15, -0.1) is 0 Å². The summed E-state index contributed by atoms with van der Waals surface area (Å²) in [6.07, 6.45) is 1.19. The minimum atomic E-state index is 0.416. The number of halogens is 1. The maximum Gasteiger partial charge on any atom is 0.136 e.